The lowest BCUT2D eigenvalue weighted by atomic mass is 9.82. The molecule has 0 saturated carbocycles. The maximum absolute atomic E-state index is 4.08. The summed E-state index contributed by atoms with van der Waals surface area (Å²) >= 11 is 0. The van der Waals surface area contributed by atoms with Gasteiger partial charge in [-0.1, -0.05) is 18.9 Å². The van der Waals surface area contributed by atoms with Gasteiger partial charge in [0, 0.05) is 11.6 Å². The molecule has 2 heteroatoms. The Balaban J connectivity index is 2.78. The number of likely N-dealkylation sites (tertiary alicyclic amines) is 1. The van der Waals surface area contributed by atoms with Crippen molar-refractivity contribution in [3.63, 3.8) is 0 Å². The fourth-order valence-electron chi connectivity index (χ4n) is 3.08. The van der Waals surface area contributed by atoms with Crippen LogP contribution >= 0.6 is 0 Å². The third-order valence-electron chi connectivity index (χ3n) is 4.45. The molecular weight excluding hydrogens is 208 g/mol. The van der Waals surface area contributed by atoms with Crippen LogP contribution in [0.3, 0.4) is 0 Å². The lowest BCUT2D eigenvalue weighted by Crippen LogP contribution is -2.59. The Morgan fingerprint density at radius 1 is 1.35 bits per heavy atom. The van der Waals surface area contributed by atoms with Gasteiger partial charge < -0.3 is 5.32 Å². The van der Waals surface area contributed by atoms with Crippen LogP contribution in [0.2, 0.25) is 0 Å². The summed E-state index contributed by atoms with van der Waals surface area (Å²) in [7, 11) is 2.09. The summed E-state index contributed by atoms with van der Waals surface area (Å²) in [6, 6.07) is 0.517. The minimum absolute atomic E-state index is 0.272. The Bertz CT molecular complexity index is 243. The minimum Gasteiger partial charge on any atom is -0.315 e. The Labute approximate surface area is 107 Å². The van der Waals surface area contributed by atoms with Crippen molar-refractivity contribution >= 4 is 0 Å². The van der Waals surface area contributed by atoms with Crippen molar-refractivity contribution in [1.82, 2.24) is 10.2 Å². The first kappa shape index (κ1) is 14.7. The molecule has 17 heavy (non-hydrogen) atoms. The fraction of sp³-hybridized carbons (Fsp3) is 0.867. The number of nitrogens with zero attached hydrogens (tertiary/aromatic N) is 1. The van der Waals surface area contributed by atoms with Gasteiger partial charge in [0.25, 0.3) is 0 Å². The molecule has 0 aromatic heterocycles. The number of nitrogens with one attached hydrogen (secondary N) is 1. The van der Waals surface area contributed by atoms with E-state index in [-0.39, 0.29) is 5.54 Å². The van der Waals surface area contributed by atoms with E-state index in [9.17, 15) is 0 Å². The molecular formula is C15H30N2. The van der Waals surface area contributed by atoms with Crippen LogP contribution in [0, 0.1) is 0 Å². The van der Waals surface area contributed by atoms with E-state index in [0.717, 1.165) is 6.42 Å². The molecule has 1 rings (SSSR count). The predicted molar refractivity (Wildman–Crippen MR) is 76.4 cm³/mol. The van der Waals surface area contributed by atoms with E-state index in [2.05, 4.69) is 44.6 Å². The SMILES string of the molecule is C=C(C)CC(NC)C(C)(CC)N1CCCCC1. The molecule has 1 aliphatic heterocycles. The van der Waals surface area contributed by atoms with Gasteiger partial charge in [0.2, 0.25) is 0 Å². The minimum atomic E-state index is 0.272. The highest BCUT2D eigenvalue weighted by Gasteiger charge is 2.37. The second-order valence-electron chi connectivity index (χ2n) is 5.76. The molecule has 1 fully saturated rings. The van der Waals surface area contributed by atoms with Gasteiger partial charge in [0.05, 0.1) is 0 Å². The topological polar surface area (TPSA) is 15.3 Å². The van der Waals surface area contributed by atoms with Gasteiger partial charge in [-0.05, 0) is 59.7 Å². The third kappa shape index (κ3) is 3.56. The van der Waals surface area contributed by atoms with Crippen LogP contribution < -0.4 is 5.32 Å². The molecule has 0 bridgehead atoms. The normalized spacial score (nSPS) is 23.1. The molecule has 2 atom stereocenters. The number of piperidine rings is 1. The number of hydrogen-bond acceptors (Lipinski definition) is 2. The summed E-state index contributed by atoms with van der Waals surface area (Å²) in [4.78, 5) is 2.70. The van der Waals surface area contributed by atoms with Crippen molar-refractivity contribution < 1.29 is 0 Å². The van der Waals surface area contributed by atoms with Gasteiger partial charge in [-0.3, -0.25) is 4.90 Å². The van der Waals surface area contributed by atoms with E-state index in [0.29, 0.717) is 6.04 Å². The lowest BCUT2D eigenvalue weighted by molar-refractivity contribution is 0.0453. The van der Waals surface area contributed by atoms with Crippen molar-refractivity contribution in [2.75, 3.05) is 20.1 Å². The Kier molecular flexibility index (Phi) is 5.68. The van der Waals surface area contributed by atoms with Crippen LogP contribution in [0.4, 0.5) is 0 Å². The first-order valence-electron chi connectivity index (χ1n) is 7.11. The van der Waals surface area contributed by atoms with Gasteiger partial charge in [0.15, 0.2) is 0 Å². The molecule has 0 radical (unpaired) electrons. The zero-order valence-electron chi connectivity index (χ0n) is 12.2. The summed E-state index contributed by atoms with van der Waals surface area (Å²) in [6.07, 6.45) is 6.41. The summed E-state index contributed by atoms with van der Waals surface area (Å²) in [5, 5.41) is 3.52. The number of rotatable bonds is 6. The second-order valence-corrected chi connectivity index (χ2v) is 5.76. The molecule has 1 saturated heterocycles. The quantitative estimate of drug-likeness (QED) is 0.715. The molecule has 0 aliphatic carbocycles. The van der Waals surface area contributed by atoms with Crippen LogP contribution in [-0.4, -0.2) is 36.6 Å². The molecule has 2 unspecified atom stereocenters. The molecule has 1 N–H and O–H groups in total. The number of likely N-dealkylation sites (N-methyl/N-ethyl adjacent to an activating group) is 1. The number of hydrogen-bond donors (Lipinski definition) is 1. The summed E-state index contributed by atoms with van der Waals surface area (Å²) in [5.74, 6) is 0. The van der Waals surface area contributed by atoms with Crippen LogP contribution in [-0.2, 0) is 0 Å². The third-order valence-corrected chi connectivity index (χ3v) is 4.45. The van der Waals surface area contributed by atoms with Crippen LogP contribution in [0.25, 0.3) is 0 Å². The van der Waals surface area contributed by atoms with Gasteiger partial charge in [-0.25, -0.2) is 0 Å². The van der Waals surface area contributed by atoms with E-state index in [1.54, 1.807) is 0 Å². The molecule has 0 spiro atoms. The van der Waals surface area contributed by atoms with Crippen LogP contribution in [0.1, 0.15) is 52.9 Å². The van der Waals surface area contributed by atoms with Crippen molar-refractivity contribution in [2.45, 2.75) is 64.5 Å². The smallest absolute Gasteiger partial charge is 0.0334 e. The van der Waals surface area contributed by atoms with E-state index < -0.39 is 0 Å². The lowest BCUT2D eigenvalue weighted by Gasteiger charge is -2.48. The summed E-state index contributed by atoms with van der Waals surface area (Å²) < 4.78 is 0. The monoisotopic (exact) mass is 238 g/mol. The van der Waals surface area contributed by atoms with Gasteiger partial charge >= 0.3 is 0 Å². The molecule has 2 nitrogen and oxygen atoms in total. The summed E-state index contributed by atoms with van der Waals surface area (Å²) in [5.41, 5.74) is 1.55. The van der Waals surface area contributed by atoms with E-state index in [4.69, 9.17) is 0 Å². The maximum atomic E-state index is 4.08. The highest BCUT2D eigenvalue weighted by Crippen LogP contribution is 2.29. The zero-order valence-corrected chi connectivity index (χ0v) is 12.2. The van der Waals surface area contributed by atoms with E-state index in [1.165, 1.54) is 44.3 Å². The van der Waals surface area contributed by atoms with Crippen molar-refractivity contribution in [3.05, 3.63) is 12.2 Å². The van der Waals surface area contributed by atoms with Crippen molar-refractivity contribution in [2.24, 2.45) is 0 Å². The van der Waals surface area contributed by atoms with Crippen molar-refractivity contribution in [1.29, 1.82) is 0 Å². The molecule has 0 aromatic rings. The molecule has 0 aromatic carbocycles. The van der Waals surface area contributed by atoms with Gasteiger partial charge in [-0.2, -0.15) is 0 Å². The first-order valence-corrected chi connectivity index (χ1v) is 7.11. The van der Waals surface area contributed by atoms with Crippen LogP contribution in [0.15, 0.2) is 12.2 Å². The van der Waals surface area contributed by atoms with Crippen LogP contribution in [0.5, 0.6) is 0 Å². The fourth-order valence-corrected chi connectivity index (χ4v) is 3.08. The average molecular weight is 238 g/mol. The Morgan fingerprint density at radius 2 is 1.94 bits per heavy atom. The van der Waals surface area contributed by atoms with Crippen molar-refractivity contribution in [3.8, 4) is 0 Å². The molecule has 0 amide bonds. The van der Waals surface area contributed by atoms with E-state index in [1.807, 2.05) is 0 Å². The molecule has 1 aliphatic rings. The first-order chi connectivity index (χ1) is 8.04. The highest BCUT2D eigenvalue weighted by molar-refractivity contribution is 5.03. The predicted octanol–water partition coefficient (Wildman–Crippen LogP) is 3.20. The second kappa shape index (κ2) is 6.55. The maximum Gasteiger partial charge on any atom is 0.0334 e. The van der Waals surface area contributed by atoms with E-state index >= 15 is 0 Å². The zero-order chi connectivity index (χ0) is 12.9. The summed E-state index contributed by atoms with van der Waals surface area (Å²) in [6.45, 7) is 13.5. The standard InChI is InChI=1S/C15H30N2/c1-6-15(4,14(16-5)12-13(2)3)17-10-8-7-9-11-17/h14,16H,2,6-12H2,1,3-5H3. The van der Waals surface area contributed by atoms with Gasteiger partial charge in [-0.15, -0.1) is 6.58 Å². The molecule has 100 valence electrons. The Hall–Kier alpha value is -0.340. The highest BCUT2D eigenvalue weighted by atomic mass is 15.2. The average Bonchev–Trinajstić information content (AvgIpc) is 2.35. The largest absolute Gasteiger partial charge is 0.315 e. The Morgan fingerprint density at radius 3 is 2.35 bits per heavy atom. The molecule has 1 heterocycles. The van der Waals surface area contributed by atoms with Gasteiger partial charge in [0.1, 0.15) is 0 Å².